The molecule has 3 aromatic carbocycles. The maximum absolute atomic E-state index is 12.7. The molecule has 0 spiro atoms. The van der Waals surface area contributed by atoms with Crippen molar-refractivity contribution in [3.05, 3.63) is 112 Å². The van der Waals surface area contributed by atoms with Gasteiger partial charge >= 0.3 is 5.63 Å². The molecule has 1 aromatic heterocycles. The predicted octanol–water partition coefficient (Wildman–Crippen LogP) is 5.46. The fourth-order valence-electron chi connectivity index (χ4n) is 3.91. The predicted molar refractivity (Wildman–Crippen MR) is 116 cm³/mol. The van der Waals surface area contributed by atoms with Crippen molar-refractivity contribution in [1.29, 1.82) is 0 Å². The number of para-hydroxylation sites is 2. The van der Waals surface area contributed by atoms with Gasteiger partial charge in [0, 0.05) is 11.8 Å². The molecule has 0 aliphatic carbocycles. The van der Waals surface area contributed by atoms with Crippen molar-refractivity contribution in [2.75, 3.05) is 5.01 Å². The monoisotopic (exact) mass is 380 g/mol. The zero-order valence-electron chi connectivity index (χ0n) is 16.1. The molecule has 0 unspecified atom stereocenters. The number of nitrogens with zero attached hydrogens (tertiary/aromatic N) is 2. The van der Waals surface area contributed by atoms with E-state index in [1.54, 1.807) is 0 Å². The Kier molecular flexibility index (Phi) is 4.24. The van der Waals surface area contributed by atoms with Crippen LogP contribution in [-0.2, 0) is 0 Å². The van der Waals surface area contributed by atoms with E-state index in [1.165, 1.54) is 5.56 Å². The number of hydrogen-bond donors (Lipinski definition) is 0. The summed E-state index contributed by atoms with van der Waals surface area (Å²) in [6.07, 6.45) is 0.640. The number of fused-ring (bicyclic) bond motifs is 1. The summed E-state index contributed by atoms with van der Waals surface area (Å²) in [5.41, 5.74) is 4.88. The standard InChI is InChI=1S/C25H20N2O2/c1-17-9-5-7-13-22(17)27-23(18-10-3-2-4-11-18)16-21(26-27)20-15-19-12-6-8-14-24(19)29-25(20)28/h2-15,23H,16H2,1H3/t23-/m1/s1. The number of aryl methyl sites for hydroxylation is 1. The number of rotatable bonds is 3. The molecule has 0 saturated heterocycles. The van der Waals surface area contributed by atoms with Crippen LogP contribution in [0.1, 0.15) is 29.2 Å². The van der Waals surface area contributed by atoms with E-state index in [1.807, 2.05) is 65.7 Å². The Bertz CT molecular complexity index is 1270. The first kappa shape index (κ1) is 17.4. The molecule has 1 aliphatic rings. The van der Waals surface area contributed by atoms with Crippen LogP contribution in [0.4, 0.5) is 5.69 Å². The Balaban J connectivity index is 1.65. The molecule has 0 fully saturated rings. The van der Waals surface area contributed by atoms with Crippen LogP contribution in [0.15, 0.2) is 99.2 Å². The summed E-state index contributed by atoms with van der Waals surface area (Å²) in [6.45, 7) is 2.08. The first-order valence-corrected chi connectivity index (χ1v) is 9.71. The molecule has 2 heterocycles. The van der Waals surface area contributed by atoms with E-state index in [-0.39, 0.29) is 11.7 Å². The van der Waals surface area contributed by atoms with Crippen molar-refractivity contribution < 1.29 is 4.42 Å². The first-order valence-electron chi connectivity index (χ1n) is 9.71. The molecule has 1 aliphatic heterocycles. The van der Waals surface area contributed by atoms with Crippen LogP contribution in [-0.4, -0.2) is 5.71 Å². The number of hydrogen-bond acceptors (Lipinski definition) is 4. The van der Waals surface area contributed by atoms with Gasteiger partial charge in [-0.05, 0) is 36.2 Å². The third-order valence-electron chi connectivity index (χ3n) is 5.41. The van der Waals surface area contributed by atoms with Crippen molar-refractivity contribution in [3.8, 4) is 0 Å². The van der Waals surface area contributed by atoms with E-state index in [0.29, 0.717) is 17.6 Å². The summed E-state index contributed by atoms with van der Waals surface area (Å²) < 4.78 is 5.56. The van der Waals surface area contributed by atoms with Crippen molar-refractivity contribution in [2.45, 2.75) is 19.4 Å². The van der Waals surface area contributed by atoms with E-state index >= 15 is 0 Å². The van der Waals surface area contributed by atoms with E-state index < -0.39 is 0 Å². The highest BCUT2D eigenvalue weighted by Gasteiger charge is 2.31. The van der Waals surface area contributed by atoms with Crippen molar-refractivity contribution >= 4 is 22.4 Å². The van der Waals surface area contributed by atoms with E-state index in [0.717, 1.165) is 22.3 Å². The molecule has 0 amide bonds. The van der Waals surface area contributed by atoms with Crippen molar-refractivity contribution in [3.63, 3.8) is 0 Å². The van der Waals surface area contributed by atoms with Gasteiger partial charge in [-0.3, -0.25) is 5.01 Å². The third-order valence-corrected chi connectivity index (χ3v) is 5.41. The largest absolute Gasteiger partial charge is 0.422 e. The maximum atomic E-state index is 12.7. The summed E-state index contributed by atoms with van der Waals surface area (Å²) in [5.74, 6) is 0. The van der Waals surface area contributed by atoms with Gasteiger partial charge in [-0.2, -0.15) is 5.10 Å². The van der Waals surface area contributed by atoms with Crippen LogP contribution >= 0.6 is 0 Å². The summed E-state index contributed by atoms with van der Waals surface area (Å²) in [4.78, 5) is 12.7. The lowest BCUT2D eigenvalue weighted by molar-refractivity contribution is 0.559. The number of benzene rings is 3. The minimum atomic E-state index is -0.346. The van der Waals surface area contributed by atoms with Gasteiger partial charge in [-0.15, -0.1) is 0 Å². The lowest BCUT2D eigenvalue weighted by Crippen LogP contribution is -2.19. The highest BCUT2D eigenvalue weighted by Crippen LogP contribution is 2.37. The first-order chi connectivity index (χ1) is 14.2. The van der Waals surface area contributed by atoms with E-state index in [4.69, 9.17) is 9.52 Å². The average Bonchev–Trinajstić information content (AvgIpc) is 3.19. The fraction of sp³-hybridized carbons (Fsp3) is 0.120. The molecule has 29 heavy (non-hydrogen) atoms. The Morgan fingerprint density at radius 2 is 1.66 bits per heavy atom. The molecular formula is C25H20N2O2. The summed E-state index contributed by atoms with van der Waals surface area (Å²) >= 11 is 0. The quantitative estimate of drug-likeness (QED) is 0.444. The molecule has 4 aromatic rings. The lowest BCUT2D eigenvalue weighted by Gasteiger charge is -2.25. The molecule has 0 N–H and O–H groups in total. The van der Waals surface area contributed by atoms with Crippen LogP contribution in [0, 0.1) is 6.92 Å². The van der Waals surface area contributed by atoms with Crippen molar-refractivity contribution in [1.82, 2.24) is 0 Å². The fourth-order valence-corrected chi connectivity index (χ4v) is 3.91. The molecule has 0 radical (unpaired) electrons. The Morgan fingerprint density at radius 3 is 2.48 bits per heavy atom. The van der Waals surface area contributed by atoms with Gasteiger partial charge < -0.3 is 4.42 Å². The maximum Gasteiger partial charge on any atom is 0.345 e. The Morgan fingerprint density at radius 1 is 0.931 bits per heavy atom. The van der Waals surface area contributed by atoms with Crippen LogP contribution in [0.5, 0.6) is 0 Å². The molecule has 4 nitrogen and oxygen atoms in total. The van der Waals surface area contributed by atoms with E-state index in [9.17, 15) is 4.79 Å². The van der Waals surface area contributed by atoms with Gasteiger partial charge in [0.2, 0.25) is 0 Å². The van der Waals surface area contributed by atoms with Crippen molar-refractivity contribution in [2.24, 2.45) is 5.10 Å². The highest BCUT2D eigenvalue weighted by atomic mass is 16.4. The second kappa shape index (κ2) is 7.06. The number of anilines is 1. The average molecular weight is 380 g/mol. The van der Waals surface area contributed by atoms with Crippen LogP contribution in [0.25, 0.3) is 11.0 Å². The topological polar surface area (TPSA) is 45.8 Å². The highest BCUT2D eigenvalue weighted by molar-refractivity contribution is 6.04. The van der Waals surface area contributed by atoms with Crippen LogP contribution in [0.2, 0.25) is 0 Å². The van der Waals surface area contributed by atoms with Crippen LogP contribution in [0.3, 0.4) is 0 Å². The smallest absolute Gasteiger partial charge is 0.345 e. The molecule has 1 atom stereocenters. The minimum Gasteiger partial charge on any atom is -0.422 e. The zero-order valence-corrected chi connectivity index (χ0v) is 16.1. The van der Waals surface area contributed by atoms with Gasteiger partial charge in [-0.25, -0.2) is 4.79 Å². The Hall–Kier alpha value is -3.66. The summed E-state index contributed by atoms with van der Waals surface area (Å²) in [7, 11) is 0. The third kappa shape index (κ3) is 3.13. The summed E-state index contributed by atoms with van der Waals surface area (Å²) in [5, 5.41) is 7.84. The molecule has 142 valence electrons. The lowest BCUT2D eigenvalue weighted by atomic mass is 9.98. The van der Waals surface area contributed by atoms with Gasteiger partial charge in [0.1, 0.15) is 5.58 Å². The molecular weight excluding hydrogens is 360 g/mol. The van der Waals surface area contributed by atoms with Gasteiger partial charge in [-0.1, -0.05) is 66.7 Å². The molecule has 0 saturated carbocycles. The minimum absolute atomic E-state index is 0.0261. The zero-order chi connectivity index (χ0) is 19.8. The van der Waals surface area contributed by atoms with Gasteiger partial charge in [0.25, 0.3) is 0 Å². The SMILES string of the molecule is Cc1ccccc1N1N=C(c2cc3ccccc3oc2=O)C[C@@H]1c1ccccc1. The van der Waals surface area contributed by atoms with E-state index in [2.05, 4.69) is 31.2 Å². The molecule has 4 heteroatoms. The summed E-state index contributed by atoms with van der Waals surface area (Å²) in [6, 6.07) is 28.0. The number of hydrazone groups is 1. The second-order valence-electron chi connectivity index (χ2n) is 7.29. The van der Waals surface area contributed by atoms with Gasteiger partial charge in [0.05, 0.1) is 23.0 Å². The van der Waals surface area contributed by atoms with Gasteiger partial charge in [0.15, 0.2) is 0 Å². The Labute approximate surface area is 168 Å². The second-order valence-corrected chi connectivity index (χ2v) is 7.29. The van der Waals surface area contributed by atoms with Crippen LogP contribution < -0.4 is 10.6 Å². The molecule has 5 rings (SSSR count). The molecule has 0 bridgehead atoms. The normalized spacial score (nSPS) is 16.2.